The molecule has 0 radical (unpaired) electrons. The number of rotatable bonds is 3. The fraction of sp³-hybridized carbons (Fsp3) is 0.786. The van der Waals surface area contributed by atoms with E-state index >= 15 is 0 Å². The van der Waals surface area contributed by atoms with Crippen LogP contribution in [0.2, 0.25) is 0 Å². The Kier molecular flexibility index (Phi) is 3.86. The molecule has 1 atom stereocenters. The number of β-amino-alcohol motifs (C(OH)–C–C–N with tert-alkyl or cyclic N) is 1. The number of imidazole rings is 1. The highest BCUT2D eigenvalue weighted by Gasteiger charge is 2.34. The van der Waals surface area contributed by atoms with Crippen LogP contribution >= 0.6 is 0 Å². The predicted octanol–water partition coefficient (Wildman–Crippen LogP) is 1.13. The van der Waals surface area contributed by atoms with Crippen molar-refractivity contribution >= 4 is 0 Å². The highest BCUT2D eigenvalue weighted by molar-refractivity contribution is 5.00. The Morgan fingerprint density at radius 3 is 3.05 bits per heavy atom. The first-order valence-corrected chi connectivity index (χ1v) is 7.27. The highest BCUT2D eigenvalue weighted by Crippen LogP contribution is 2.28. The van der Waals surface area contributed by atoms with Gasteiger partial charge in [0.25, 0.3) is 0 Å². The number of hydrogen-bond donors (Lipinski definition) is 2. The number of H-pyrrole nitrogens is 1. The molecule has 3 rings (SSSR count). The van der Waals surface area contributed by atoms with E-state index in [-0.39, 0.29) is 0 Å². The van der Waals surface area contributed by atoms with Gasteiger partial charge in [-0.25, -0.2) is 4.98 Å². The van der Waals surface area contributed by atoms with Crippen molar-refractivity contribution in [3.05, 3.63) is 18.2 Å². The molecular formula is C14H23N3O2. The Balaban J connectivity index is 1.59. The van der Waals surface area contributed by atoms with Crippen LogP contribution in [0.25, 0.3) is 0 Å². The number of ether oxygens (including phenoxy) is 1. The minimum absolute atomic E-state index is 0.479. The number of aromatic amines is 1. The van der Waals surface area contributed by atoms with Crippen LogP contribution < -0.4 is 0 Å². The fourth-order valence-electron chi connectivity index (χ4n) is 3.25. The molecule has 2 aliphatic heterocycles. The van der Waals surface area contributed by atoms with E-state index in [1.165, 1.54) is 12.8 Å². The molecule has 0 bridgehead atoms. The molecule has 1 unspecified atom stereocenters. The monoisotopic (exact) mass is 265 g/mol. The first kappa shape index (κ1) is 13.1. The summed E-state index contributed by atoms with van der Waals surface area (Å²) in [7, 11) is 0. The van der Waals surface area contributed by atoms with E-state index in [9.17, 15) is 5.11 Å². The van der Waals surface area contributed by atoms with E-state index in [4.69, 9.17) is 4.74 Å². The van der Waals surface area contributed by atoms with E-state index in [0.29, 0.717) is 19.1 Å². The van der Waals surface area contributed by atoms with Crippen molar-refractivity contribution in [2.45, 2.75) is 37.2 Å². The maximum atomic E-state index is 10.6. The van der Waals surface area contributed by atoms with Crippen LogP contribution in [0.15, 0.2) is 12.4 Å². The number of likely N-dealkylation sites (tertiary alicyclic amines) is 1. The van der Waals surface area contributed by atoms with Gasteiger partial charge >= 0.3 is 0 Å². The standard InChI is InChI=1S/C14H23N3O2/c18-14(3-8-19-9-4-14)11-17-7-1-2-12(10-17)13-15-5-6-16-13/h5-6,12,18H,1-4,7-11H2,(H,15,16). The molecule has 2 aliphatic rings. The van der Waals surface area contributed by atoms with Crippen molar-refractivity contribution in [1.29, 1.82) is 0 Å². The second-order valence-electron chi connectivity index (χ2n) is 5.89. The van der Waals surface area contributed by atoms with Crippen LogP contribution in [0.4, 0.5) is 0 Å². The number of aromatic nitrogens is 2. The number of aliphatic hydroxyl groups is 1. The first-order valence-electron chi connectivity index (χ1n) is 7.27. The molecule has 2 N–H and O–H groups in total. The van der Waals surface area contributed by atoms with Gasteiger partial charge in [-0.15, -0.1) is 0 Å². The molecule has 106 valence electrons. The zero-order chi connectivity index (χ0) is 13.1. The van der Waals surface area contributed by atoms with Gasteiger partial charge in [-0.2, -0.15) is 0 Å². The summed E-state index contributed by atoms with van der Waals surface area (Å²) in [5.41, 5.74) is -0.552. The number of hydrogen-bond acceptors (Lipinski definition) is 4. The summed E-state index contributed by atoms with van der Waals surface area (Å²) in [6.07, 6.45) is 7.59. The Morgan fingerprint density at radius 2 is 2.32 bits per heavy atom. The lowest BCUT2D eigenvalue weighted by Gasteiger charge is -2.40. The molecule has 0 amide bonds. The molecule has 5 nitrogen and oxygen atoms in total. The maximum absolute atomic E-state index is 10.6. The van der Waals surface area contributed by atoms with Crippen LogP contribution in [0.5, 0.6) is 0 Å². The third kappa shape index (κ3) is 3.16. The van der Waals surface area contributed by atoms with E-state index in [1.807, 2.05) is 12.4 Å². The van der Waals surface area contributed by atoms with Crippen molar-refractivity contribution in [3.8, 4) is 0 Å². The van der Waals surface area contributed by atoms with E-state index in [1.54, 1.807) is 0 Å². The average Bonchev–Trinajstić information content (AvgIpc) is 2.93. The molecule has 19 heavy (non-hydrogen) atoms. The Hall–Kier alpha value is -0.910. The molecule has 2 fully saturated rings. The molecule has 5 heteroatoms. The average molecular weight is 265 g/mol. The second kappa shape index (κ2) is 5.61. The summed E-state index contributed by atoms with van der Waals surface area (Å²) in [5, 5.41) is 10.6. The third-order valence-electron chi connectivity index (χ3n) is 4.35. The van der Waals surface area contributed by atoms with Crippen LogP contribution in [0, 0.1) is 0 Å². The largest absolute Gasteiger partial charge is 0.388 e. The summed E-state index contributed by atoms with van der Waals surface area (Å²) < 4.78 is 5.34. The van der Waals surface area contributed by atoms with E-state index in [2.05, 4.69) is 14.9 Å². The zero-order valence-corrected chi connectivity index (χ0v) is 11.3. The number of piperidine rings is 1. The third-order valence-corrected chi connectivity index (χ3v) is 4.35. The Bertz CT molecular complexity index is 387. The van der Waals surface area contributed by atoms with Crippen molar-refractivity contribution in [3.63, 3.8) is 0 Å². The van der Waals surface area contributed by atoms with Gasteiger partial charge in [0.1, 0.15) is 5.82 Å². The Labute approximate surface area is 114 Å². The van der Waals surface area contributed by atoms with E-state index in [0.717, 1.165) is 38.3 Å². The number of nitrogens with one attached hydrogen (secondary N) is 1. The summed E-state index contributed by atoms with van der Waals surface area (Å²) in [5.74, 6) is 1.57. The lowest BCUT2D eigenvalue weighted by atomic mass is 9.91. The minimum atomic E-state index is -0.552. The molecule has 0 spiro atoms. The second-order valence-corrected chi connectivity index (χ2v) is 5.89. The lowest BCUT2D eigenvalue weighted by molar-refractivity contribution is -0.0825. The van der Waals surface area contributed by atoms with Gasteiger partial charge in [0.05, 0.1) is 5.60 Å². The fourth-order valence-corrected chi connectivity index (χ4v) is 3.25. The molecule has 1 aromatic heterocycles. The van der Waals surface area contributed by atoms with Gasteiger partial charge in [-0.05, 0) is 19.4 Å². The number of nitrogens with zero attached hydrogens (tertiary/aromatic N) is 2. The van der Waals surface area contributed by atoms with Gasteiger partial charge in [-0.1, -0.05) is 0 Å². The predicted molar refractivity (Wildman–Crippen MR) is 72.0 cm³/mol. The van der Waals surface area contributed by atoms with Crippen molar-refractivity contribution in [2.24, 2.45) is 0 Å². The maximum Gasteiger partial charge on any atom is 0.110 e. The molecule has 3 heterocycles. The molecule has 0 aliphatic carbocycles. The smallest absolute Gasteiger partial charge is 0.110 e. The van der Waals surface area contributed by atoms with Crippen molar-refractivity contribution < 1.29 is 9.84 Å². The van der Waals surface area contributed by atoms with Crippen molar-refractivity contribution in [1.82, 2.24) is 14.9 Å². The van der Waals surface area contributed by atoms with Crippen LogP contribution in [0.1, 0.15) is 37.4 Å². The van der Waals surface area contributed by atoms with Gasteiger partial charge < -0.3 is 14.8 Å². The van der Waals surface area contributed by atoms with Gasteiger partial charge in [0.2, 0.25) is 0 Å². The minimum Gasteiger partial charge on any atom is -0.388 e. The topological polar surface area (TPSA) is 61.4 Å². The van der Waals surface area contributed by atoms with Crippen LogP contribution in [-0.2, 0) is 4.74 Å². The summed E-state index contributed by atoms with van der Waals surface area (Å²) in [6.45, 7) is 4.22. The summed E-state index contributed by atoms with van der Waals surface area (Å²) >= 11 is 0. The van der Waals surface area contributed by atoms with E-state index < -0.39 is 5.60 Å². The lowest BCUT2D eigenvalue weighted by Crippen LogP contribution is -2.49. The first-order chi connectivity index (χ1) is 9.25. The molecule has 2 saturated heterocycles. The quantitative estimate of drug-likeness (QED) is 0.860. The molecule has 0 aromatic carbocycles. The zero-order valence-electron chi connectivity index (χ0n) is 11.3. The van der Waals surface area contributed by atoms with Crippen LogP contribution in [-0.4, -0.2) is 58.4 Å². The molecule has 1 aromatic rings. The molecule has 0 saturated carbocycles. The van der Waals surface area contributed by atoms with Crippen LogP contribution in [0.3, 0.4) is 0 Å². The SMILES string of the molecule is OC1(CN2CCCC(c3ncc[nH]3)C2)CCOCC1. The van der Waals surface area contributed by atoms with Gasteiger partial charge in [0.15, 0.2) is 0 Å². The summed E-state index contributed by atoms with van der Waals surface area (Å²) in [6, 6.07) is 0. The normalized spacial score (nSPS) is 28.4. The summed E-state index contributed by atoms with van der Waals surface area (Å²) in [4.78, 5) is 9.98. The van der Waals surface area contributed by atoms with Crippen molar-refractivity contribution in [2.75, 3.05) is 32.8 Å². The Morgan fingerprint density at radius 1 is 1.47 bits per heavy atom. The van der Waals surface area contributed by atoms with Gasteiger partial charge in [-0.3, -0.25) is 4.90 Å². The molecular weight excluding hydrogens is 242 g/mol. The van der Waals surface area contributed by atoms with Gasteiger partial charge in [0, 0.05) is 57.5 Å². The highest BCUT2D eigenvalue weighted by atomic mass is 16.5.